The van der Waals surface area contributed by atoms with Crippen LogP contribution in [0.15, 0.2) is 68.0 Å². The van der Waals surface area contributed by atoms with E-state index >= 15 is 0 Å². The molecule has 0 aliphatic rings. The van der Waals surface area contributed by atoms with Crippen molar-refractivity contribution < 1.29 is 0 Å². The summed E-state index contributed by atoms with van der Waals surface area (Å²) >= 11 is 3.40. The molecule has 0 spiro atoms. The molecular weight excluding hydrogens is 358 g/mol. The molecule has 112 valence electrons. The van der Waals surface area contributed by atoms with E-state index in [1.807, 2.05) is 30.3 Å². The summed E-state index contributed by atoms with van der Waals surface area (Å²) in [4.78, 5) is 11.9. The second-order valence-corrected chi connectivity index (χ2v) is 5.59. The maximum Gasteiger partial charge on any atom is 0.292 e. The molecule has 0 aliphatic carbocycles. The smallest absolute Gasteiger partial charge is 0.292 e. The molecule has 2 N–H and O–H groups in total. The van der Waals surface area contributed by atoms with E-state index in [9.17, 15) is 4.79 Å². The largest absolute Gasteiger partial charge is 0.295 e. The zero-order valence-electron chi connectivity index (χ0n) is 11.7. The number of hydrogen-bond donors (Lipinski definition) is 2. The van der Waals surface area contributed by atoms with Crippen LogP contribution in [0, 0.1) is 11.3 Å². The first-order chi connectivity index (χ1) is 11.2. The van der Waals surface area contributed by atoms with Gasteiger partial charge < -0.3 is 0 Å². The standard InChI is InChI=1S/C16H10BrN5O/c17-12-5-2-4-11(8-12)14-15(16(23)22-20-14)21-19-13-6-1-3-10(7-13)9-18/h1-8H,(H2,20,22,23). The van der Waals surface area contributed by atoms with Gasteiger partial charge >= 0.3 is 0 Å². The molecule has 0 unspecified atom stereocenters. The number of benzene rings is 2. The molecule has 6 nitrogen and oxygen atoms in total. The van der Waals surface area contributed by atoms with Gasteiger partial charge in [0, 0.05) is 10.0 Å². The van der Waals surface area contributed by atoms with Crippen molar-refractivity contribution in [1.82, 2.24) is 10.2 Å². The van der Waals surface area contributed by atoms with Crippen LogP contribution in [0.1, 0.15) is 5.56 Å². The highest BCUT2D eigenvalue weighted by molar-refractivity contribution is 9.10. The first-order valence-electron chi connectivity index (χ1n) is 6.66. The van der Waals surface area contributed by atoms with Crippen LogP contribution >= 0.6 is 15.9 Å². The molecule has 3 aromatic rings. The van der Waals surface area contributed by atoms with Crippen molar-refractivity contribution in [3.63, 3.8) is 0 Å². The molecule has 0 aliphatic heterocycles. The Labute approximate surface area is 139 Å². The maximum absolute atomic E-state index is 11.9. The van der Waals surface area contributed by atoms with E-state index in [0.29, 0.717) is 16.9 Å². The number of halogens is 1. The molecule has 7 heteroatoms. The maximum atomic E-state index is 11.9. The lowest BCUT2D eigenvalue weighted by Crippen LogP contribution is -1.96. The predicted octanol–water partition coefficient (Wildman–Crippen LogP) is 4.42. The fourth-order valence-corrected chi connectivity index (χ4v) is 2.44. The molecule has 0 atom stereocenters. The number of aromatic amines is 2. The van der Waals surface area contributed by atoms with Crippen molar-refractivity contribution >= 4 is 27.3 Å². The van der Waals surface area contributed by atoms with Gasteiger partial charge in [0.2, 0.25) is 0 Å². The zero-order valence-corrected chi connectivity index (χ0v) is 13.3. The van der Waals surface area contributed by atoms with Crippen LogP contribution in [0.25, 0.3) is 11.3 Å². The summed E-state index contributed by atoms with van der Waals surface area (Å²) in [5.41, 5.74) is 2.17. The molecule has 0 bridgehead atoms. The van der Waals surface area contributed by atoms with Gasteiger partial charge in [-0.25, -0.2) is 0 Å². The van der Waals surface area contributed by atoms with E-state index in [0.717, 1.165) is 10.0 Å². The van der Waals surface area contributed by atoms with Gasteiger partial charge in [0.25, 0.3) is 5.56 Å². The molecule has 1 heterocycles. The van der Waals surface area contributed by atoms with E-state index in [4.69, 9.17) is 5.26 Å². The van der Waals surface area contributed by atoms with Crippen LogP contribution < -0.4 is 5.56 Å². The monoisotopic (exact) mass is 367 g/mol. The third-order valence-electron chi connectivity index (χ3n) is 3.11. The minimum Gasteiger partial charge on any atom is -0.295 e. The van der Waals surface area contributed by atoms with Gasteiger partial charge in [-0.3, -0.25) is 15.0 Å². The quantitative estimate of drug-likeness (QED) is 0.669. The summed E-state index contributed by atoms with van der Waals surface area (Å²) in [6.07, 6.45) is 0. The number of hydrogen-bond acceptors (Lipinski definition) is 4. The topological polar surface area (TPSA) is 97.2 Å². The van der Waals surface area contributed by atoms with Gasteiger partial charge in [-0.15, -0.1) is 5.11 Å². The number of azo groups is 1. The fraction of sp³-hybridized carbons (Fsp3) is 0. The normalized spacial score (nSPS) is 10.8. The predicted molar refractivity (Wildman–Crippen MR) is 89.9 cm³/mol. The van der Waals surface area contributed by atoms with E-state index < -0.39 is 0 Å². The third-order valence-corrected chi connectivity index (χ3v) is 3.60. The Hall–Kier alpha value is -2.98. The lowest BCUT2D eigenvalue weighted by molar-refractivity contribution is 1.06. The van der Waals surface area contributed by atoms with Gasteiger partial charge in [-0.05, 0) is 30.3 Å². The minimum absolute atomic E-state index is 0.186. The number of aromatic nitrogens is 2. The van der Waals surface area contributed by atoms with Crippen LogP contribution in [0.5, 0.6) is 0 Å². The molecule has 2 aromatic carbocycles. The van der Waals surface area contributed by atoms with E-state index in [1.54, 1.807) is 24.3 Å². The Balaban J connectivity index is 2.01. The summed E-state index contributed by atoms with van der Waals surface area (Å²) in [5.74, 6) is 0. The van der Waals surface area contributed by atoms with Crippen molar-refractivity contribution in [2.75, 3.05) is 0 Å². The molecule has 0 radical (unpaired) electrons. The molecule has 0 saturated heterocycles. The second kappa shape index (κ2) is 6.42. The molecule has 1 aromatic heterocycles. The lowest BCUT2D eigenvalue weighted by Gasteiger charge is -1.99. The Morgan fingerprint density at radius 1 is 1.04 bits per heavy atom. The van der Waals surface area contributed by atoms with Crippen molar-refractivity contribution in [1.29, 1.82) is 5.26 Å². The number of nitrogens with zero attached hydrogens (tertiary/aromatic N) is 3. The number of nitriles is 1. The molecular formula is C16H10BrN5O. The van der Waals surface area contributed by atoms with Crippen LogP contribution in [0.2, 0.25) is 0 Å². The zero-order chi connectivity index (χ0) is 16.2. The van der Waals surface area contributed by atoms with Crippen LogP contribution in [-0.4, -0.2) is 10.2 Å². The van der Waals surface area contributed by atoms with E-state index in [-0.39, 0.29) is 11.2 Å². The van der Waals surface area contributed by atoms with E-state index in [1.165, 1.54) is 0 Å². The summed E-state index contributed by atoms with van der Waals surface area (Å²) in [6.45, 7) is 0. The minimum atomic E-state index is -0.361. The number of nitrogens with one attached hydrogen (secondary N) is 2. The van der Waals surface area contributed by atoms with Gasteiger partial charge in [0.15, 0.2) is 5.69 Å². The first kappa shape index (κ1) is 14.9. The molecule has 0 saturated carbocycles. The fourth-order valence-electron chi connectivity index (χ4n) is 2.04. The van der Waals surface area contributed by atoms with Crippen molar-refractivity contribution in [3.8, 4) is 17.3 Å². The van der Waals surface area contributed by atoms with E-state index in [2.05, 4.69) is 36.4 Å². The summed E-state index contributed by atoms with van der Waals surface area (Å²) in [5, 5.41) is 22.3. The van der Waals surface area contributed by atoms with Crippen molar-refractivity contribution in [2.45, 2.75) is 0 Å². The number of H-pyrrole nitrogens is 2. The second-order valence-electron chi connectivity index (χ2n) is 4.68. The third kappa shape index (κ3) is 3.27. The average Bonchev–Trinajstić information content (AvgIpc) is 2.94. The molecule has 0 amide bonds. The van der Waals surface area contributed by atoms with Gasteiger partial charge in [-0.1, -0.05) is 34.1 Å². The van der Waals surface area contributed by atoms with Gasteiger partial charge in [0.1, 0.15) is 0 Å². The van der Waals surface area contributed by atoms with Crippen molar-refractivity contribution in [3.05, 3.63) is 68.9 Å². The van der Waals surface area contributed by atoms with Gasteiger partial charge in [0.05, 0.1) is 23.0 Å². The molecule has 0 fully saturated rings. The van der Waals surface area contributed by atoms with Crippen LogP contribution in [0.3, 0.4) is 0 Å². The Morgan fingerprint density at radius 3 is 2.65 bits per heavy atom. The highest BCUT2D eigenvalue weighted by atomic mass is 79.9. The average molecular weight is 368 g/mol. The van der Waals surface area contributed by atoms with Crippen LogP contribution in [0.4, 0.5) is 11.4 Å². The van der Waals surface area contributed by atoms with Gasteiger partial charge in [-0.2, -0.15) is 10.4 Å². The Bertz CT molecular complexity index is 980. The Morgan fingerprint density at radius 2 is 1.87 bits per heavy atom. The first-order valence-corrected chi connectivity index (χ1v) is 7.45. The molecule has 3 rings (SSSR count). The summed E-state index contributed by atoms with van der Waals surface area (Å²) in [6, 6.07) is 16.2. The molecule has 23 heavy (non-hydrogen) atoms. The summed E-state index contributed by atoms with van der Waals surface area (Å²) in [7, 11) is 0. The highest BCUT2D eigenvalue weighted by Gasteiger charge is 2.11. The number of rotatable bonds is 3. The Kier molecular flexibility index (Phi) is 4.17. The van der Waals surface area contributed by atoms with Crippen LogP contribution in [-0.2, 0) is 0 Å². The van der Waals surface area contributed by atoms with Crippen molar-refractivity contribution in [2.24, 2.45) is 10.2 Å². The summed E-state index contributed by atoms with van der Waals surface area (Å²) < 4.78 is 0.890. The SMILES string of the molecule is N#Cc1cccc(N=Nc2c(-c3cccc(Br)c3)[nH][nH]c2=O)c1. The highest BCUT2D eigenvalue weighted by Crippen LogP contribution is 2.28. The lowest BCUT2D eigenvalue weighted by atomic mass is 10.1.